The number of anilines is 1. The molecule has 0 fully saturated rings. The van der Waals surface area contributed by atoms with E-state index in [1.54, 1.807) is 6.92 Å². The molecule has 0 saturated carbocycles. The largest absolute Gasteiger partial charge is 0.464 e. The number of hydrogen-bond donors (Lipinski definition) is 1. The van der Waals surface area contributed by atoms with E-state index in [0.717, 1.165) is 0 Å². The molecule has 0 bridgehead atoms. The molecule has 1 atom stereocenters. The van der Waals surface area contributed by atoms with E-state index in [1.165, 1.54) is 18.2 Å². The number of carbonyl (C=O) groups excluding carboxylic acids is 1. The Labute approximate surface area is 105 Å². The normalized spacial score (nSPS) is 12.0. The highest BCUT2D eigenvalue weighted by Gasteiger charge is 2.18. The maximum atomic E-state index is 13.4. The van der Waals surface area contributed by atoms with Crippen LogP contribution in [0.5, 0.6) is 0 Å². The summed E-state index contributed by atoms with van der Waals surface area (Å²) < 4.78 is 18.3. The first-order valence-corrected chi connectivity index (χ1v) is 5.84. The Bertz CT molecular complexity index is 398. The molecule has 17 heavy (non-hydrogen) atoms. The number of esters is 1. The van der Waals surface area contributed by atoms with Crippen molar-refractivity contribution in [2.45, 2.75) is 26.3 Å². The highest BCUT2D eigenvalue weighted by molar-refractivity contribution is 6.30. The van der Waals surface area contributed by atoms with Crippen LogP contribution in [-0.2, 0) is 9.53 Å². The molecule has 0 aliphatic carbocycles. The lowest BCUT2D eigenvalue weighted by atomic mass is 10.2. The molecule has 0 spiro atoms. The van der Waals surface area contributed by atoms with Gasteiger partial charge in [0, 0.05) is 5.02 Å². The molecule has 1 aromatic carbocycles. The zero-order valence-electron chi connectivity index (χ0n) is 9.80. The van der Waals surface area contributed by atoms with Gasteiger partial charge in [-0.1, -0.05) is 18.5 Å². The van der Waals surface area contributed by atoms with Gasteiger partial charge >= 0.3 is 5.97 Å². The van der Waals surface area contributed by atoms with Crippen molar-refractivity contribution in [2.24, 2.45) is 0 Å². The Morgan fingerprint density at radius 2 is 2.24 bits per heavy atom. The van der Waals surface area contributed by atoms with Gasteiger partial charge in [0.1, 0.15) is 11.9 Å². The molecule has 1 aromatic rings. The Kier molecular flexibility index (Phi) is 5.22. The predicted molar refractivity (Wildman–Crippen MR) is 65.7 cm³/mol. The molecule has 0 radical (unpaired) electrons. The topological polar surface area (TPSA) is 38.3 Å². The van der Waals surface area contributed by atoms with Crippen LogP contribution in [0.15, 0.2) is 18.2 Å². The summed E-state index contributed by atoms with van der Waals surface area (Å²) in [6, 6.07) is 3.58. The van der Waals surface area contributed by atoms with E-state index in [0.29, 0.717) is 18.1 Å². The summed E-state index contributed by atoms with van der Waals surface area (Å²) in [4.78, 5) is 11.5. The number of rotatable bonds is 5. The summed E-state index contributed by atoms with van der Waals surface area (Å²) in [6.45, 7) is 3.84. The van der Waals surface area contributed by atoms with E-state index in [2.05, 4.69) is 5.32 Å². The molecule has 0 aromatic heterocycles. The summed E-state index contributed by atoms with van der Waals surface area (Å²) in [5.41, 5.74) is 0.206. The van der Waals surface area contributed by atoms with E-state index >= 15 is 0 Å². The summed E-state index contributed by atoms with van der Waals surface area (Å²) in [5, 5.41) is 3.20. The maximum absolute atomic E-state index is 13.4. The van der Waals surface area contributed by atoms with Crippen molar-refractivity contribution in [2.75, 3.05) is 11.9 Å². The minimum atomic E-state index is -0.567. The van der Waals surface area contributed by atoms with Gasteiger partial charge in [0.2, 0.25) is 0 Å². The molecule has 0 aliphatic heterocycles. The fourth-order valence-corrected chi connectivity index (χ4v) is 1.54. The first kappa shape index (κ1) is 13.8. The van der Waals surface area contributed by atoms with Gasteiger partial charge in [0.25, 0.3) is 0 Å². The van der Waals surface area contributed by atoms with Crippen LogP contribution in [-0.4, -0.2) is 18.6 Å². The van der Waals surface area contributed by atoms with Gasteiger partial charge < -0.3 is 10.1 Å². The van der Waals surface area contributed by atoms with E-state index in [4.69, 9.17) is 16.3 Å². The summed E-state index contributed by atoms with van der Waals surface area (Å²) in [5.74, 6) is -0.841. The van der Waals surface area contributed by atoms with Crippen molar-refractivity contribution in [3.8, 4) is 0 Å². The second-order valence-electron chi connectivity index (χ2n) is 3.48. The lowest BCUT2D eigenvalue weighted by Gasteiger charge is -2.17. The van der Waals surface area contributed by atoms with Gasteiger partial charge in [-0.05, 0) is 31.5 Å². The van der Waals surface area contributed by atoms with E-state index in [1.807, 2.05) is 6.92 Å². The standard InChI is InChI=1S/C12H15ClFNO2/c1-3-10(12(16)17-4-2)15-11-7-8(13)5-6-9(11)14/h5-7,10,15H,3-4H2,1-2H3. The lowest BCUT2D eigenvalue weighted by molar-refractivity contribution is -0.144. The number of benzene rings is 1. The third kappa shape index (κ3) is 3.89. The highest BCUT2D eigenvalue weighted by atomic mass is 35.5. The van der Waals surface area contributed by atoms with Crippen molar-refractivity contribution in [1.82, 2.24) is 0 Å². The molecule has 5 heteroatoms. The highest BCUT2D eigenvalue weighted by Crippen LogP contribution is 2.21. The molecular weight excluding hydrogens is 245 g/mol. The quantitative estimate of drug-likeness (QED) is 0.825. The maximum Gasteiger partial charge on any atom is 0.328 e. The van der Waals surface area contributed by atoms with Crippen LogP contribution in [0, 0.1) is 5.82 Å². The number of carbonyl (C=O) groups is 1. The van der Waals surface area contributed by atoms with Crippen molar-refractivity contribution < 1.29 is 13.9 Å². The zero-order chi connectivity index (χ0) is 12.8. The summed E-state index contributed by atoms with van der Waals surface area (Å²) in [7, 11) is 0. The zero-order valence-corrected chi connectivity index (χ0v) is 10.6. The van der Waals surface area contributed by atoms with Gasteiger partial charge in [-0.25, -0.2) is 9.18 Å². The molecule has 3 nitrogen and oxygen atoms in total. The van der Waals surface area contributed by atoms with Gasteiger partial charge in [-0.3, -0.25) is 0 Å². The van der Waals surface area contributed by atoms with Crippen LogP contribution >= 0.6 is 11.6 Å². The molecule has 1 unspecified atom stereocenters. The average Bonchev–Trinajstić information content (AvgIpc) is 2.30. The summed E-state index contributed by atoms with van der Waals surface area (Å²) in [6.07, 6.45) is 0.505. The van der Waals surface area contributed by atoms with E-state index in [9.17, 15) is 9.18 Å². The lowest BCUT2D eigenvalue weighted by Crippen LogP contribution is -2.31. The SMILES string of the molecule is CCOC(=O)C(CC)Nc1cc(Cl)ccc1F. The minimum Gasteiger partial charge on any atom is -0.464 e. The molecule has 0 aliphatic rings. The van der Waals surface area contributed by atoms with Crippen LogP contribution < -0.4 is 5.32 Å². The third-order valence-corrected chi connectivity index (χ3v) is 2.47. The van der Waals surface area contributed by atoms with Crippen LogP contribution in [0.25, 0.3) is 0 Å². The van der Waals surface area contributed by atoms with Gasteiger partial charge in [-0.2, -0.15) is 0 Å². The van der Waals surface area contributed by atoms with Crippen LogP contribution in [0.1, 0.15) is 20.3 Å². The Balaban J connectivity index is 2.80. The van der Waals surface area contributed by atoms with Gasteiger partial charge in [0.15, 0.2) is 0 Å². The number of hydrogen-bond acceptors (Lipinski definition) is 3. The molecule has 0 amide bonds. The van der Waals surface area contributed by atoms with Gasteiger partial charge in [-0.15, -0.1) is 0 Å². The van der Waals surface area contributed by atoms with Gasteiger partial charge in [0.05, 0.1) is 12.3 Å². The van der Waals surface area contributed by atoms with Crippen molar-refractivity contribution in [3.05, 3.63) is 29.0 Å². The van der Waals surface area contributed by atoms with Crippen molar-refractivity contribution >= 4 is 23.3 Å². The number of ether oxygens (including phenoxy) is 1. The third-order valence-electron chi connectivity index (χ3n) is 2.24. The fraction of sp³-hybridized carbons (Fsp3) is 0.417. The van der Waals surface area contributed by atoms with Crippen molar-refractivity contribution in [3.63, 3.8) is 0 Å². The molecule has 1 rings (SSSR count). The monoisotopic (exact) mass is 259 g/mol. The fourth-order valence-electron chi connectivity index (χ4n) is 1.37. The number of halogens is 2. The van der Waals surface area contributed by atoms with Crippen LogP contribution in [0.2, 0.25) is 5.02 Å². The first-order valence-electron chi connectivity index (χ1n) is 5.46. The first-order chi connectivity index (χ1) is 8.08. The number of nitrogens with one attached hydrogen (secondary N) is 1. The second-order valence-corrected chi connectivity index (χ2v) is 3.92. The molecule has 1 N–H and O–H groups in total. The van der Waals surface area contributed by atoms with E-state index < -0.39 is 17.8 Å². The molecule has 0 heterocycles. The summed E-state index contributed by atoms with van der Waals surface area (Å²) >= 11 is 5.76. The van der Waals surface area contributed by atoms with Crippen LogP contribution in [0.3, 0.4) is 0 Å². The predicted octanol–water partition coefficient (Wildman–Crippen LogP) is 3.23. The second kappa shape index (κ2) is 6.45. The smallest absolute Gasteiger partial charge is 0.328 e. The Hall–Kier alpha value is -1.29. The average molecular weight is 260 g/mol. The van der Waals surface area contributed by atoms with E-state index in [-0.39, 0.29) is 5.69 Å². The van der Waals surface area contributed by atoms with Crippen LogP contribution in [0.4, 0.5) is 10.1 Å². The Morgan fingerprint density at radius 1 is 1.53 bits per heavy atom. The van der Waals surface area contributed by atoms with Crippen molar-refractivity contribution in [1.29, 1.82) is 0 Å². The molecule has 94 valence electrons. The Morgan fingerprint density at radius 3 is 2.82 bits per heavy atom. The molecular formula is C12H15ClFNO2. The minimum absolute atomic E-state index is 0.206. The molecule has 0 saturated heterocycles.